The molecule has 0 rings (SSSR count). The van der Waals surface area contributed by atoms with Crippen LogP contribution in [0.15, 0.2) is 24.3 Å². The Hall–Kier alpha value is -0.520. The fourth-order valence-electron chi connectivity index (χ4n) is 0.845. The van der Waals surface area contributed by atoms with Gasteiger partial charge in [-0.3, -0.25) is 0 Å². The molecule has 64 valence electrons. The molecule has 0 atom stereocenters. The summed E-state index contributed by atoms with van der Waals surface area (Å²) in [5.41, 5.74) is 0. The quantitative estimate of drug-likeness (QED) is 0.413. The molecule has 0 heterocycles. The maximum absolute atomic E-state index is 2.27. The molecule has 11 heavy (non-hydrogen) atoms. The van der Waals surface area contributed by atoms with Crippen LogP contribution in [0.4, 0.5) is 0 Å². The Kier molecular flexibility index (Phi) is 7.23. The first-order chi connectivity index (χ1) is 5.27. The third-order valence-electron chi connectivity index (χ3n) is 1.42. The highest BCUT2D eigenvalue weighted by atomic mass is 13.9. The number of allylic oxidation sites excluding steroid dienone is 4. The van der Waals surface area contributed by atoms with E-state index in [0.29, 0.717) is 5.92 Å². The van der Waals surface area contributed by atoms with E-state index in [-0.39, 0.29) is 0 Å². The zero-order valence-corrected chi connectivity index (χ0v) is 8.01. The van der Waals surface area contributed by atoms with Gasteiger partial charge in [-0.2, -0.15) is 0 Å². The van der Waals surface area contributed by atoms with Crippen molar-refractivity contribution in [2.75, 3.05) is 0 Å². The lowest BCUT2D eigenvalue weighted by molar-refractivity contribution is 0.823. The van der Waals surface area contributed by atoms with Crippen molar-refractivity contribution in [3.63, 3.8) is 0 Å². The van der Waals surface area contributed by atoms with Gasteiger partial charge >= 0.3 is 0 Å². The lowest BCUT2D eigenvalue weighted by Gasteiger charge is -1.91. The van der Waals surface area contributed by atoms with Gasteiger partial charge in [0.15, 0.2) is 0 Å². The Balaban J connectivity index is 3.20. The van der Waals surface area contributed by atoms with Gasteiger partial charge in [-0.15, -0.1) is 0 Å². The van der Waals surface area contributed by atoms with Gasteiger partial charge in [-0.1, -0.05) is 45.1 Å². The molecule has 0 spiro atoms. The lowest BCUT2D eigenvalue weighted by Crippen LogP contribution is -1.76. The second-order valence-corrected chi connectivity index (χ2v) is 3.13. The molecule has 0 unspecified atom stereocenters. The summed E-state index contributed by atoms with van der Waals surface area (Å²) in [5.74, 6) is 0.699. The van der Waals surface area contributed by atoms with Crippen molar-refractivity contribution in [2.24, 2.45) is 5.92 Å². The first-order valence-corrected chi connectivity index (χ1v) is 4.59. The summed E-state index contributed by atoms with van der Waals surface area (Å²) in [7, 11) is 0. The molecule has 0 saturated heterocycles. The fraction of sp³-hybridized carbons (Fsp3) is 0.636. The average Bonchev–Trinajstić information content (AvgIpc) is 1.96. The van der Waals surface area contributed by atoms with Gasteiger partial charge in [0.05, 0.1) is 0 Å². The third-order valence-corrected chi connectivity index (χ3v) is 1.42. The molecule has 0 aliphatic carbocycles. The summed E-state index contributed by atoms with van der Waals surface area (Å²) in [4.78, 5) is 0. The van der Waals surface area contributed by atoms with Gasteiger partial charge in [0.1, 0.15) is 0 Å². The van der Waals surface area contributed by atoms with Crippen molar-refractivity contribution in [2.45, 2.75) is 40.0 Å². The standard InChI is InChI=1S/C11H20/c1-4-5-6-7-8-9-10-11(2)3/h5-6,9-11H,4,7-8H2,1-3H3. The maximum atomic E-state index is 2.27. The smallest absolute Gasteiger partial charge is 0.0290 e. The molecule has 0 aromatic heterocycles. The molecule has 0 bridgehead atoms. The van der Waals surface area contributed by atoms with Gasteiger partial charge < -0.3 is 0 Å². The van der Waals surface area contributed by atoms with Crippen molar-refractivity contribution < 1.29 is 0 Å². The topological polar surface area (TPSA) is 0 Å². The minimum Gasteiger partial charge on any atom is -0.0888 e. The zero-order valence-electron chi connectivity index (χ0n) is 8.01. The van der Waals surface area contributed by atoms with Crippen LogP contribution in [-0.4, -0.2) is 0 Å². The van der Waals surface area contributed by atoms with Crippen LogP contribution in [0.5, 0.6) is 0 Å². The third kappa shape index (κ3) is 9.48. The predicted octanol–water partition coefficient (Wildman–Crippen LogP) is 3.95. The summed E-state index contributed by atoms with van der Waals surface area (Å²) in [6, 6.07) is 0. The highest BCUT2D eigenvalue weighted by Gasteiger charge is 1.81. The first-order valence-electron chi connectivity index (χ1n) is 4.59. The van der Waals surface area contributed by atoms with E-state index in [0.717, 1.165) is 6.42 Å². The molecule has 0 saturated carbocycles. The van der Waals surface area contributed by atoms with E-state index in [4.69, 9.17) is 0 Å². The van der Waals surface area contributed by atoms with Gasteiger partial charge in [-0.25, -0.2) is 0 Å². The molecule has 0 aliphatic rings. The number of hydrogen-bond acceptors (Lipinski definition) is 0. The monoisotopic (exact) mass is 152 g/mol. The molecule has 0 aromatic carbocycles. The van der Waals surface area contributed by atoms with E-state index in [1.54, 1.807) is 0 Å². The summed E-state index contributed by atoms with van der Waals surface area (Å²) >= 11 is 0. The van der Waals surface area contributed by atoms with Crippen LogP contribution in [0.3, 0.4) is 0 Å². The largest absolute Gasteiger partial charge is 0.0888 e. The van der Waals surface area contributed by atoms with Crippen LogP contribution in [-0.2, 0) is 0 Å². The van der Waals surface area contributed by atoms with E-state index in [9.17, 15) is 0 Å². The van der Waals surface area contributed by atoms with Crippen molar-refractivity contribution in [1.82, 2.24) is 0 Å². The Bertz CT molecular complexity index is 118. The number of hydrogen-bond donors (Lipinski definition) is 0. The number of unbranched alkanes of at least 4 members (excludes halogenated alkanes) is 1. The summed E-state index contributed by atoms with van der Waals surface area (Å²) in [5, 5.41) is 0. The zero-order chi connectivity index (χ0) is 8.53. The van der Waals surface area contributed by atoms with Crippen molar-refractivity contribution in [3.8, 4) is 0 Å². The van der Waals surface area contributed by atoms with Gasteiger partial charge in [0.2, 0.25) is 0 Å². The Morgan fingerprint density at radius 2 is 1.64 bits per heavy atom. The van der Waals surface area contributed by atoms with Crippen LogP contribution >= 0.6 is 0 Å². The van der Waals surface area contributed by atoms with Crippen molar-refractivity contribution >= 4 is 0 Å². The summed E-state index contributed by atoms with van der Waals surface area (Å²) in [6.45, 7) is 6.58. The van der Waals surface area contributed by atoms with Crippen molar-refractivity contribution in [3.05, 3.63) is 24.3 Å². The summed E-state index contributed by atoms with van der Waals surface area (Å²) in [6.07, 6.45) is 12.6. The second kappa shape index (κ2) is 7.59. The Labute approximate surface area is 71.0 Å². The van der Waals surface area contributed by atoms with E-state index in [1.165, 1.54) is 12.8 Å². The highest BCUT2D eigenvalue weighted by molar-refractivity contribution is 4.88. The van der Waals surface area contributed by atoms with Crippen LogP contribution in [0, 0.1) is 5.92 Å². The SMILES string of the molecule is CCC=CCCC=CC(C)C. The molecule has 0 nitrogen and oxygen atoms in total. The van der Waals surface area contributed by atoms with E-state index < -0.39 is 0 Å². The number of rotatable bonds is 5. The second-order valence-electron chi connectivity index (χ2n) is 3.13. The minimum atomic E-state index is 0.699. The molecule has 0 N–H and O–H groups in total. The Morgan fingerprint density at radius 3 is 2.18 bits per heavy atom. The molecule has 0 fully saturated rings. The van der Waals surface area contributed by atoms with E-state index in [2.05, 4.69) is 45.1 Å². The normalized spacial score (nSPS) is 12.4. The van der Waals surface area contributed by atoms with Crippen molar-refractivity contribution in [1.29, 1.82) is 0 Å². The molecule has 0 aliphatic heterocycles. The van der Waals surface area contributed by atoms with Crippen LogP contribution in [0.1, 0.15) is 40.0 Å². The Morgan fingerprint density at radius 1 is 1.00 bits per heavy atom. The average molecular weight is 152 g/mol. The summed E-state index contributed by atoms with van der Waals surface area (Å²) < 4.78 is 0. The molecular formula is C11H20. The van der Waals surface area contributed by atoms with E-state index >= 15 is 0 Å². The molecular weight excluding hydrogens is 132 g/mol. The van der Waals surface area contributed by atoms with Gasteiger partial charge in [0, 0.05) is 0 Å². The maximum Gasteiger partial charge on any atom is -0.0290 e. The van der Waals surface area contributed by atoms with Crippen LogP contribution in [0.2, 0.25) is 0 Å². The molecule has 0 aromatic rings. The molecule has 0 amide bonds. The predicted molar refractivity (Wildman–Crippen MR) is 52.6 cm³/mol. The lowest BCUT2D eigenvalue weighted by atomic mass is 10.2. The van der Waals surface area contributed by atoms with Crippen LogP contribution < -0.4 is 0 Å². The van der Waals surface area contributed by atoms with Gasteiger partial charge in [-0.05, 0) is 25.2 Å². The van der Waals surface area contributed by atoms with Crippen LogP contribution in [0.25, 0.3) is 0 Å². The molecule has 0 heteroatoms. The fourth-order valence-corrected chi connectivity index (χ4v) is 0.845. The highest BCUT2D eigenvalue weighted by Crippen LogP contribution is 1.98. The molecule has 0 radical (unpaired) electrons. The van der Waals surface area contributed by atoms with E-state index in [1.807, 2.05) is 0 Å². The van der Waals surface area contributed by atoms with Gasteiger partial charge in [0.25, 0.3) is 0 Å². The minimum absolute atomic E-state index is 0.699. The first kappa shape index (κ1) is 10.5.